The molecule has 1 saturated heterocycles. The van der Waals surface area contributed by atoms with Crippen molar-refractivity contribution in [3.05, 3.63) is 35.6 Å². The van der Waals surface area contributed by atoms with E-state index in [2.05, 4.69) is 0 Å². The lowest BCUT2D eigenvalue weighted by Gasteiger charge is -2.30. The molecule has 1 aliphatic rings. The second kappa shape index (κ2) is 5.27. The summed E-state index contributed by atoms with van der Waals surface area (Å²) in [4.78, 5) is 13.8. The molecule has 1 aromatic carbocycles. The van der Waals surface area contributed by atoms with Crippen molar-refractivity contribution >= 4 is 5.91 Å². The first-order chi connectivity index (χ1) is 8.15. The number of nitrogens with two attached hydrogens (primary N) is 1. The summed E-state index contributed by atoms with van der Waals surface area (Å²) in [6.45, 7) is 1.44. The van der Waals surface area contributed by atoms with Crippen LogP contribution in [0.25, 0.3) is 0 Å². The second-order valence-electron chi connectivity index (χ2n) is 4.52. The van der Waals surface area contributed by atoms with E-state index < -0.39 is 0 Å². The predicted molar refractivity (Wildman–Crippen MR) is 63.9 cm³/mol. The lowest BCUT2D eigenvalue weighted by atomic mass is 10.0. The molecular weight excluding hydrogens is 219 g/mol. The molecule has 0 saturated carbocycles. The molecule has 1 fully saturated rings. The molecule has 2 N–H and O–H groups in total. The predicted octanol–water partition coefficient (Wildman–Crippen LogP) is 1.32. The Bertz CT molecular complexity index is 400. The Balaban J connectivity index is 1.93. The molecule has 17 heavy (non-hydrogen) atoms. The van der Waals surface area contributed by atoms with Crippen LogP contribution in [-0.2, 0) is 11.2 Å². The largest absolute Gasteiger partial charge is 0.342 e. The lowest BCUT2D eigenvalue weighted by Crippen LogP contribution is -2.43. The molecule has 0 unspecified atom stereocenters. The highest BCUT2D eigenvalue weighted by Crippen LogP contribution is 2.11. The molecule has 0 aliphatic carbocycles. The molecule has 0 aromatic heterocycles. The number of carbonyl (C=O) groups excluding carboxylic acids is 1. The summed E-state index contributed by atoms with van der Waals surface area (Å²) in [6, 6.07) is 6.41. The number of rotatable bonds is 2. The molecular formula is C13H17FN2O. The first-order valence-electron chi connectivity index (χ1n) is 5.93. The Labute approximate surface area is 100 Å². The van der Waals surface area contributed by atoms with Crippen molar-refractivity contribution in [1.29, 1.82) is 0 Å². The maximum absolute atomic E-state index is 13.0. The second-order valence-corrected chi connectivity index (χ2v) is 4.52. The minimum atomic E-state index is -0.295. The smallest absolute Gasteiger partial charge is 0.226 e. The minimum Gasteiger partial charge on any atom is -0.342 e. The van der Waals surface area contributed by atoms with Gasteiger partial charge in [-0.3, -0.25) is 4.79 Å². The number of likely N-dealkylation sites (tertiary alicyclic amines) is 1. The number of carbonyl (C=O) groups is 1. The quantitative estimate of drug-likeness (QED) is 0.841. The fourth-order valence-corrected chi connectivity index (χ4v) is 2.08. The van der Waals surface area contributed by atoms with E-state index in [4.69, 9.17) is 5.73 Å². The highest BCUT2D eigenvalue weighted by Gasteiger charge is 2.20. The van der Waals surface area contributed by atoms with Gasteiger partial charge in [0.2, 0.25) is 5.91 Å². The first-order valence-corrected chi connectivity index (χ1v) is 5.93. The molecule has 1 heterocycles. The standard InChI is InChI=1S/C13H17FN2O/c14-11-3-1-2-10(8-11)9-13(17)16-6-4-12(15)5-7-16/h1-3,8,12H,4-7,9,15H2. The minimum absolute atomic E-state index is 0.0579. The van der Waals surface area contributed by atoms with Gasteiger partial charge in [0.1, 0.15) is 5.82 Å². The summed E-state index contributed by atoms with van der Waals surface area (Å²) >= 11 is 0. The SMILES string of the molecule is NC1CCN(C(=O)Cc2cccc(F)c2)CC1. The fraction of sp³-hybridized carbons (Fsp3) is 0.462. The zero-order chi connectivity index (χ0) is 12.3. The molecule has 1 amide bonds. The van der Waals surface area contributed by atoms with E-state index in [0.29, 0.717) is 0 Å². The Kier molecular flexibility index (Phi) is 3.74. The van der Waals surface area contributed by atoms with Crippen LogP contribution in [0.3, 0.4) is 0 Å². The third-order valence-electron chi connectivity index (χ3n) is 3.14. The molecule has 92 valence electrons. The fourth-order valence-electron chi connectivity index (χ4n) is 2.08. The van der Waals surface area contributed by atoms with Crippen LogP contribution in [0.2, 0.25) is 0 Å². The topological polar surface area (TPSA) is 46.3 Å². The number of benzene rings is 1. The van der Waals surface area contributed by atoms with Gasteiger partial charge in [-0.1, -0.05) is 12.1 Å². The highest BCUT2D eigenvalue weighted by molar-refractivity contribution is 5.78. The monoisotopic (exact) mass is 236 g/mol. The molecule has 0 atom stereocenters. The van der Waals surface area contributed by atoms with Crippen LogP contribution in [0, 0.1) is 5.82 Å². The number of piperidine rings is 1. The number of halogens is 1. The highest BCUT2D eigenvalue weighted by atomic mass is 19.1. The van der Waals surface area contributed by atoms with Gasteiger partial charge in [-0.05, 0) is 30.5 Å². The van der Waals surface area contributed by atoms with E-state index in [1.54, 1.807) is 12.1 Å². The molecule has 3 nitrogen and oxygen atoms in total. The van der Waals surface area contributed by atoms with Crippen molar-refractivity contribution in [2.75, 3.05) is 13.1 Å². The summed E-state index contributed by atoms with van der Waals surface area (Å²) in [5.74, 6) is -0.238. The number of hydrogen-bond acceptors (Lipinski definition) is 2. The maximum Gasteiger partial charge on any atom is 0.226 e. The lowest BCUT2D eigenvalue weighted by molar-refractivity contribution is -0.131. The average molecular weight is 236 g/mol. The Morgan fingerprint density at radius 3 is 2.76 bits per heavy atom. The van der Waals surface area contributed by atoms with Crippen LogP contribution in [0.15, 0.2) is 24.3 Å². The van der Waals surface area contributed by atoms with Gasteiger partial charge in [0.05, 0.1) is 6.42 Å². The van der Waals surface area contributed by atoms with Crippen molar-refractivity contribution in [2.45, 2.75) is 25.3 Å². The van der Waals surface area contributed by atoms with Gasteiger partial charge >= 0.3 is 0 Å². The van der Waals surface area contributed by atoms with Crippen molar-refractivity contribution in [2.24, 2.45) is 5.73 Å². The van der Waals surface area contributed by atoms with Gasteiger partial charge in [-0.25, -0.2) is 4.39 Å². The van der Waals surface area contributed by atoms with Gasteiger partial charge in [0, 0.05) is 19.1 Å². The van der Waals surface area contributed by atoms with Gasteiger partial charge in [0.15, 0.2) is 0 Å². The summed E-state index contributed by atoms with van der Waals surface area (Å²) in [7, 11) is 0. The van der Waals surface area contributed by atoms with E-state index in [1.165, 1.54) is 12.1 Å². The first kappa shape index (κ1) is 12.0. The Hall–Kier alpha value is -1.42. The van der Waals surface area contributed by atoms with Crippen molar-refractivity contribution < 1.29 is 9.18 Å². The van der Waals surface area contributed by atoms with Crippen LogP contribution < -0.4 is 5.73 Å². The molecule has 0 radical (unpaired) electrons. The molecule has 1 aliphatic heterocycles. The summed E-state index contributed by atoms with van der Waals surface area (Å²) in [5.41, 5.74) is 6.51. The average Bonchev–Trinajstić information content (AvgIpc) is 2.29. The molecule has 0 bridgehead atoms. The summed E-state index contributed by atoms with van der Waals surface area (Å²) in [5, 5.41) is 0. The van der Waals surface area contributed by atoms with E-state index >= 15 is 0 Å². The van der Waals surface area contributed by atoms with Crippen molar-refractivity contribution in [1.82, 2.24) is 4.90 Å². The van der Waals surface area contributed by atoms with Crippen molar-refractivity contribution in [3.63, 3.8) is 0 Å². The zero-order valence-electron chi connectivity index (χ0n) is 9.73. The molecule has 2 rings (SSSR count). The summed E-state index contributed by atoms with van der Waals surface area (Å²) in [6.07, 6.45) is 1.98. The van der Waals surface area contributed by atoms with E-state index in [0.717, 1.165) is 31.5 Å². The third kappa shape index (κ3) is 3.27. The van der Waals surface area contributed by atoms with Crippen LogP contribution >= 0.6 is 0 Å². The Morgan fingerprint density at radius 1 is 1.41 bits per heavy atom. The van der Waals surface area contributed by atoms with Crippen LogP contribution in [0.1, 0.15) is 18.4 Å². The molecule has 4 heteroatoms. The van der Waals surface area contributed by atoms with E-state index in [-0.39, 0.29) is 24.2 Å². The van der Waals surface area contributed by atoms with Crippen LogP contribution in [-0.4, -0.2) is 29.9 Å². The van der Waals surface area contributed by atoms with Crippen molar-refractivity contribution in [3.8, 4) is 0 Å². The van der Waals surface area contributed by atoms with E-state index in [9.17, 15) is 9.18 Å². The number of amides is 1. The Morgan fingerprint density at radius 2 is 2.12 bits per heavy atom. The molecule has 1 aromatic rings. The normalized spacial score (nSPS) is 17.2. The zero-order valence-corrected chi connectivity index (χ0v) is 9.73. The number of nitrogens with zero attached hydrogens (tertiary/aromatic N) is 1. The van der Waals surface area contributed by atoms with Gasteiger partial charge in [-0.2, -0.15) is 0 Å². The van der Waals surface area contributed by atoms with Gasteiger partial charge < -0.3 is 10.6 Å². The third-order valence-corrected chi connectivity index (χ3v) is 3.14. The summed E-state index contributed by atoms with van der Waals surface area (Å²) < 4.78 is 13.0. The molecule has 0 spiro atoms. The van der Waals surface area contributed by atoms with Gasteiger partial charge in [-0.15, -0.1) is 0 Å². The maximum atomic E-state index is 13.0. The van der Waals surface area contributed by atoms with Crippen LogP contribution in [0.5, 0.6) is 0 Å². The van der Waals surface area contributed by atoms with E-state index in [1.807, 2.05) is 4.90 Å². The van der Waals surface area contributed by atoms with Crippen LogP contribution in [0.4, 0.5) is 4.39 Å². The number of hydrogen-bond donors (Lipinski definition) is 1. The van der Waals surface area contributed by atoms with Gasteiger partial charge in [0.25, 0.3) is 0 Å².